The van der Waals surface area contributed by atoms with Crippen molar-refractivity contribution in [1.82, 2.24) is 14.7 Å². The Labute approximate surface area is 122 Å². The molecule has 1 aromatic heterocycles. The molecule has 0 aliphatic rings. The average molecular weight is 295 g/mol. The van der Waals surface area contributed by atoms with E-state index in [-0.39, 0.29) is 12.1 Å². The second-order valence-electron chi connectivity index (χ2n) is 4.92. The number of nitrogens with zero attached hydrogens (tertiary/aromatic N) is 3. The SMILES string of the molecule is CCn1cc(CN(C)Cc2c(OC)ccc(F)c2F)cn1. The van der Waals surface area contributed by atoms with E-state index in [9.17, 15) is 8.78 Å². The lowest BCUT2D eigenvalue weighted by atomic mass is 10.1. The van der Waals surface area contributed by atoms with Gasteiger partial charge in [-0.1, -0.05) is 0 Å². The lowest BCUT2D eigenvalue weighted by Crippen LogP contribution is -2.18. The first-order chi connectivity index (χ1) is 10.0. The highest BCUT2D eigenvalue weighted by atomic mass is 19.2. The number of ether oxygens (including phenoxy) is 1. The van der Waals surface area contributed by atoms with Crippen molar-refractivity contribution in [3.05, 3.63) is 47.3 Å². The second kappa shape index (κ2) is 6.67. The van der Waals surface area contributed by atoms with Gasteiger partial charge in [-0.05, 0) is 26.1 Å². The van der Waals surface area contributed by atoms with E-state index in [1.165, 1.54) is 13.2 Å². The third kappa shape index (κ3) is 3.58. The smallest absolute Gasteiger partial charge is 0.167 e. The fraction of sp³-hybridized carbons (Fsp3) is 0.400. The largest absolute Gasteiger partial charge is 0.496 e. The number of benzene rings is 1. The second-order valence-corrected chi connectivity index (χ2v) is 4.92. The van der Waals surface area contributed by atoms with Crippen LogP contribution in [-0.2, 0) is 19.6 Å². The van der Waals surface area contributed by atoms with Crippen molar-refractivity contribution in [2.45, 2.75) is 26.6 Å². The van der Waals surface area contributed by atoms with Crippen molar-refractivity contribution in [3.63, 3.8) is 0 Å². The molecule has 21 heavy (non-hydrogen) atoms. The van der Waals surface area contributed by atoms with E-state index in [0.29, 0.717) is 12.3 Å². The molecule has 2 aromatic rings. The van der Waals surface area contributed by atoms with Gasteiger partial charge in [-0.15, -0.1) is 0 Å². The van der Waals surface area contributed by atoms with Gasteiger partial charge in [0.05, 0.1) is 13.3 Å². The maximum absolute atomic E-state index is 13.9. The average Bonchev–Trinajstić information content (AvgIpc) is 2.91. The van der Waals surface area contributed by atoms with Gasteiger partial charge in [-0.2, -0.15) is 5.10 Å². The van der Waals surface area contributed by atoms with Crippen molar-refractivity contribution >= 4 is 0 Å². The number of hydrogen-bond acceptors (Lipinski definition) is 3. The molecular formula is C15H19F2N3O. The molecule has 1 aromatic carbocycles. The minimum atomic E-state index is -0.863. The quantitative estimate of drug-likeness (QED) is 0.821. The Morgan fingerprint density at radius 1 is 1.29 bits per heavy atom. The van der Waals surface area contributed by atoms with Gasteiger partial charge in [-0.3, -0.25) is 9.58 Å². The minimum absolute atomic E-state index is 0.225. The van der Waals surface area contributed by atoms with Crippen LogP contribution in [0.3, 0.4) is 0 Å². The predicted molar refractivity (Wildman–Crippen MR) is 76.0 cm³/mol. The Morgan fingerprint density at radius 2 is 2.05 bits per heavy atom. The highest BCUT2D eigenvalue weighted by molar-refractivity contribution is 5.35. The molecular weight excluding hydrogens is 276 g/mol. The lowest BCUT2D eigenvalue weighted by Gasteiger charge is -2.18. The van der Waals surface area contributed by atoms with Crippen LogP contribution < -0.4 is 4.74 Å². The third-order valence-electron chi connectivity index (χ3n) is 3.26. The summed E-state index contributed by atoms with van der Waals surface area (Å²) in [4.78, 5) is 1.89. The first-order valence-corrected chi connectivity index (χ1v) is 6.75. The monoisotopic (exact) mass is 295 g/mol. The van der Waals surface area contributed by atoms with E-state index in [1.807, 2.05) is 29.7 Å². The number of aromatic nitrogens is 2. The molecule has 6 heteroatoms. The molecule has 0 aliphatic heterocycles. The summed E-state index contributed by atoms with van der Waals surface area (Å²) >= 11 is 0. The topological polar surface area (TPSA) is 30.3 Å². The van der Waals surface area contributed by atoms with Crippen LogP contribution in [0.1, 0.15) is 18.1 Å². The molecule has 0 fully saturated rings. The summed E-state index contributed by atoms with van der Waals surface area (Å²) in [5.41, 5.74) is 1.25. The van der Waals surface area contributed by atoms with Gasteiger partial charge in [-0.25, -0.2) is 8.78 Å². The molecule has 0 radical (unpaired) electrons. The molecule has 0 aliphatic carbocycles. The number of hydrogen-bond donors (Lipinski definition) is 0. The van der Waals surface area contributed by atoms with E-state index in [4.69, 9.17) is 4.74 Å². The van der Waals surface area contributed by atoms with Gasteiger partial charge < -0.3 is 4.74 Å². The van der Waals surface area contributed by atoms with Crippen LogP contribution in [-0.4, -0.2) is 28.8 Å². The molecule has 0 N–H and O–H groups in total. The Kier molecular flexibility index (Phi) is 4.90. The van der Waals surface area contributed by atoms with Gasteiger partial charge >= 0.3 is 0 Å². The van der Waals surface area contributed by atoms with Crippen LogP contribution in [0.4, 0.5) is 8.78 Å². The normalized spacial score (nSPS) is 11.1. The van der Waals surface area contributed by atoms with Crippen molar-refractivity contribution < 1.29 is 13.5 Å². The summed E-state index contributed by atoms with van der Waals surface area (Å²) in [5, 5.41) is 4.19. The van der Waals surface area contributed by atoms with Gasteiger partial charge in [0.1, 0.15) is 5.75 Å². The highest BCUT2D eigenvalue weighted by Crippen LogP contribution is 2.25. The van der Waals surface area contributed by atoms with Crippen molar-refractivity contribution in [1.29, 1.82) is 0 Å². The van der Waals surface area contributed by atoms with Gasteiger partial charge in [0.25, 0.3) is 0 Å². The Bertz CT molecular complexity index is 613. The van der Waals surface area contributed by atoms with Crippen LogP contribution in [0.15, 0.2) is 24.5 Å². The fourth-order valence-electron chi connectivity index (χ4n) is 2.21. The summed E-state index contributed by atoms with van der Waals surface area (Å²) < 4.78 is 34.2. The summed E-state index contributed by atoms with van der Waals surface area (Å²) in [6, 6.07) is 2.51. The molecule has 1 heterocycles. The number of rotatable bonds is 6. The Balaban J connectivity index is 2.12. The molecule has 4 nitrogen and oxygen atoms in total. The molecule has 2 rings (SSSR count). The molecule has 0 atom stereocenters. The molecule has 114 valence electrons. The molecule has 0 unspecified atom stereocenters. The van der Waals surface area contributed by atoms with Gasteiger partial charge in [0, 0.05) is 37.0 Å². The summed E-state index contributed by atoms with van der Waals surface area (Å²) in [6.07, 6.45) is 3.72. The first-order valence-electron chi connectivity index (χ1n) is 6.75. The van der Waals surface area contributed by atoms with Crippen LogP contribution in [0.5, 0.6) is 5.75 Å². The number of methoxy groups -OCH3 is 1. The van der Waals surface area contributed by atoms with E-state index < -0.39 is 11.6 Å². The van der Waals surface area contributed by atoms with E-state index in [2.05, 4.69) is 5.10 Å². The van der Waals surface area contributed by atoms with E-state index in [0.717, 1.165) is 18.2 Å². The van der Waals surface area contributed by atoms with Crippen LogP contribution in [0, 0.1) is 11.6 Å². The number of halogens is 2. The molecule has 0 saturated carbocycles. The molecule has 0 spiro atoms. The van der Waals surface area contributed by atoms with Gasteiger partial charge in [0.15, 0.2) is 11.6 Å². The standard InChI is InChI=1S/C15H19F2N3O/c1-4-20-9-11(7-18-20)8-19(2)10-12-14(21-3)6-5-13(16)15(12)17/h5-7,9H,4,8,10H2,1-3H3. The first kappa shape index (κ1) is 15.4. The van der Waals surface area contributed by atoms with Crippen molar-refractivity contribution in [2.75, 3.05) is 14.2 Å². The van der Waals surface area contributed by atoms with Crippen LogP contribution in [0.25, 0.3) is 0 Å². The zero-order valence-electron chi connectivity index (χ0n) is 12.4. The maximum atomic E-state index is 13.9. The zero-order valence-corrected chi connectivity index (χ0v) is 12.4. The summed E-state index contributed by atoms with van der Waals surface area (Å²) in [5.74, 6) is -1.37. The Morgan fingerprint density at radius 3 is 2.67 bits per heavy atom. The predicted octanol–water partition coefficient (Wildman–Crippen LogP) is 2.82. The van der Waals surface area contributed by atoms with Crippen molar-refractivity contribution in [3.8, 4) is 5.75 Å². The third-order valence-corrected chi connectivity index (χ3v) is 3.26. The molecule has 0 amide bonds. The maximum Gasteiger partial charge on any atom is 0.167 e. The van der Waals surface area contributed by atoms with Gasteiger partial charge in [0.2, 0.25) is 0 Å². The van der Waals surface area contributed by atoms with E-state index in [1.54, 1.807) is 6.20 Å². The minimum Gasteiger partial charge on any atom is -0.496 e. The van der Waals surface area contributed by atoms with Crippen molar-refractivity contribution in [2.24, 2.45) is 0 Å². The molecule has 0 saturated heterocycles. The van der Waals surface area contributed by atoms with Crippen LogP contribution >= 0.6 is 0 Å². The lowest BCUT2D eigenvalue weighted by molar-refractivity contribution is 0.300. The van der Waals surface area contributed by atoms with E-state index >= 15 is 0 Å². The summed E-state index contributed by atoms with van der Waals surface area (Å²) in [6.45, 7) is 3.66. The number of aryl methyl sites for hydroxylation is 1. The fourth-order valence-corrected chi connectivity index (χ4v) is 2.21. The highest BCUT2D eigenvalue weighted by Gasteiger charge is 2.16. The summed E-state index contributed by atoms with van der Waals surface area (Å²) in [7, 11) is 3.29. The molecule has 0 bridgehead atoms. The zero-order chi connectivity index (χ0) is 15.4. The van der Waals surface area contributed by atoms with Crippen LogP contribution in [0.2, 0.25) is 0 Å². The Hall–Kier alpha value is -1.95.